The first-order chi connectivity index (χ1) is 11.0. The number of nitro groups is 1. The molecule has 1 N–H and O–H groups in total. The summed E-state index contributed by atoms with van der Waals surface area (Å²) in [5, 5.41) is 15.1. The maximum Gasteiger partial charge on any atom is 0.310 e. The number of carbonyl (C=O) groups excluding carboxylic acids is 1. The molecule has 1 saturated carbocycles. The van der Waals surface area contributed by atoms with E-state index in [1.165, 1.54) is 18.6 Å². The van der Waals surface area contributed by atoms with E-state index >= 15 is 0 Å². The number of carbonyl (C=O) groups is 1. The van der Waals surface area contributed by atoms with Crippen molar-refractivity contribution in [2.75, 3.05) is 6.61 Å². The molecule has 2 rings (SSSR count). The molecule has 0 radical (unpaired) electrons. The molecule has 124 valence electrons. The lowest BCUT2D eigenvalue weighted by atomic mass is 9.81. The summed E-state index contributed by atoms with van der Waals surface area (Å²) in [6.07, 6.45) is 3.33. The van der Waals surface area contributed by atoms with Crippen LogP contribution in [0.15, 0.2) is 29.4 Å². The molecular weight excluding hydrogens is 298 g/mol. The van der Waals surface area contributed by atoms with Gasteiger partial charge < -0.3 is 4.74 Å². The van der Waals surface area contributed by atoms with Crippen molar-refractivity contribution in [3.05, 3.63) is 34.4 Å². The highest BCUT2D eigenvalue weighted by Crippen LogP contribution is 2.26. The third-order valence-corrected chi connectivity index (χ3v) is 4.01. The number of rotatable bonds is 5. The lowest BCUT2D eigenvalue weighted by Crippen LogP contribution is -2.31. The summed E-state index contributed by atoms with van der Waals surface area (Å²) in [7, 11) is 0. The first-order valence-corrected chi connectivity index (χ1v) is 7.71. The van der Waals surface area contributed by atoms with Crippen LogP contribution in [0.4, 0.5) is 5.69 Å². The molecule has 1 aromatic carbocycles. The van der Waals surface area contributed by atoms with Crippen LogP contribution in [0.2, 0.25) is 0 Å². The Morgan fingerprint density at radius 3 is 2.65 bits per heavy atom. The Morgan fingerprint density at radius 2 is 2.00 bits per heavy atom. The summed E-state index contributed by atoms with van der Waals surface area (Å²) in [6, 6.07) is 5.95. The van der Waals surface area contributed by atoms with E-state index in [0.29, 0.717) is 11.8 Å². The molecule has 0 unspecified atom stereocenters. The minimum Gasteiger partial charge on any atom is -0.477 e. The van der Waals surface area contributed by atoms with Gasteiger partial charge in [-0.3, -0.25) is 14.9 Å². The molecule has 0 heterocycles. The van der Waals surface area contributed by atoms with Gasteiger partial charge in [0.15, 0.2) is 12.4 Å². The summed E-state index contributed by atoms with van der Waals surface area (Å²) in [4.78, 5) is 22.2. The molecule has 0 aromatic heterocycles. The topological polar surface area (TPSA) is 93.8 Å². The van der Waals surface area contributed by atoms with Gasteiger partial charge in [-0.15, -0.1) is 0 Å². The first-order valence-electron chi connectivity index (χ1n) is 7.71. The van der Waals surface area contributed by atoms with E-state index in [1.54, 1.807) is 12.1 Å². The van der Waals surface area contributed by atoms with Gasteiger partial charge in [-0.2, -0.15) is 5.10 Å². The smallest absolute Gasteiger partial charge is 0.310 e. The van der Waals surface area contributed by atoms with Gasteiger partial charge in [0.05, 0.1) is 4.92 Å². The molecule has 0 spiro atoms. The van der Waals surface area contributed by atoms with E-state index in [9.17, 15) is 14.9 Å². The lowest BCUT2D eigenvalue weighted by molar-refractivity contribution is -0.385. The Kier molecular flexibility index (Phi) is 5.67. The van der Waals surface area contributed by atoms with E-state index in [4.69, 9.17) is 4.74 Å². The number of ether oxygens (including phenoxy) is 1. The molecule has 0 aliphatic heterocycles. The highest BCUT2D eigenvalue weighted by atomic mass is 16.6. The second-order valence-electron chi connectivity index (χ2n) is 5.82. The number of hydrogen-bond acceptors (Lipinski definition) is 5. The first kappa shape index (κ1) is 16.9. The minimum atomic E-state index is -0.543. The average Bonchev–Trinajstić information content (AvgIpc) is 2.52. The highest BCUT2D eigenvalue weighted by molar-refractivity contribution is 5.90. The van der Waals surface area contributed by atoms with Gasteiger partial charge in [-0.25, -0.2) is 5.43 Å². The average molecular weight is 319 g/mol. The predicted molar refractivity (Wildman–Crippen MR) is 86.3 cm³/mol. The SMILES string of the molecule is C[C@@H]1CCC[C@H](C)C1=NNC(=O)COc1ccccc1[N+](=O)[O-]. The van der Waals surface area contributed by atoms with Crippen molar-refractivity contribution in [3.63, 3.8) is 0 Å². The van der Waals surface area contributed by atoms with Crippen LogP contribution in [-0.2, 0) is 4.79 Å². The van der Waals surface area contributed by atoms with Crippen molar-refractivity contribution in [2.24, 2.45) is 16.9 Å². The van der Waals surface area contributed by atoms with Crippen LogP contribution < -0.4 is 10.2 Å². The van der Waals surface area contributed by atoms with Crippen LogP contribution in [-0.4, -0.2) is 23.1 Å². The van der Waals surface area contributed by atoms with Gasteiger partial charge in [-0.05, 0) is 30.7 Å². The standard InChI is InChI=1S/C16H21N3O4/c1-11-6-5-7-12(2)16(11)18-17-15(20)10-23-14-9-4-3-8-13(14)19(21)22/h3-4,8-9,11-12H,5-7,10H2,1-2H3,(H,17,20)/t11-,12+. The van der Waals surface area contributed by atoms with Crippen LogP contribution in [0.5, 0.6) is 5.75 Å². The Hall–Kier alpha value is -2.44. The maximum atomic E-state index is 11.8. The van der Waals surface area contributed by atoms with Gasteiger partial charge in [0, 0.05) is 11.8 Å². The van der Waals surface area contributed by atoms with Gasteiger partial charge in [-0.1, -0.05) is 32.4 Å². The zero-order valence-corrected chi connectivity index (χ0v) is 13.3. The number of nitrogens with zero attached hydrogens (tertiary/aromatic N) is 2. The Morgan fingerprint density at radius 1 is 1.35 bits per heavy atom. The fourth-order valence-corrected chi connectivity index (χ4v) is 2.76. The molecule has 23 heavy (non-hydrogen) atoms. The Bertz CT molecular complexity index is 603. The van der Waals surface area contributed by atoms with E-state index in [-0.39, 0.29) is 18.0 Å². The monoisotopic (exact) mass is 319 g/mol. The molecule has 0 saturated heterocycles. The largest absolute Gasteiger partial charge is 0.477 e. The number of hydrogen-bond donors (Lipinski definition) is 1. The molecule has 1 aromatic rings. The summed E-state index contributed by atoms with van der Waals surface area (Å²) in [5.74, 6) is 0.352. The van der Waals surface area contributed by atoms with Crippen molar-refractivity contribution >= 4 is 17.3 Å². The molecule has 1 aliphatic carbocycles. The normalized spacial score (nSPS) is 22.6. The van der Waals surface area contributed by atoms with Crippen molar-refractivity contribution < 1.29 is 14.5 Å². The van der Waals surface area contributed by atoms with E-state index in [1.807, 2.05) is 0 Å². The minimum absolute atomic E-state index is 0.0692. The number of nitrogens with one attached hydrogen (secondary N) is 1. The van der Waals surface area contributed by atoms with E-state index in [0.717, 1.165) is 18.6 Å². The van der Waals surface area contributed by atoms with E-state index < -0.39 is 10.8 Å². The molecular formula is C16H21N3O4. The number of para-hydroxylation sites is 2. The van der Waals surface area contributed by atoms with Crippen LogP contribution in [0, 0.1) is 22.0 Å². The molecule has 1 amide bonds. The number of benzene rings is 1. The quantitative estimate of drug-likeness (QED) is 0.667. The zero-order chi connectivity index (χ0) is 16.8. The molecule has 1 aliphatic rings. The third-order valence-electron chi connectivity index (χ3n) is 4.01. The second kappa shape index (κ2) is 7.71. The summed E-state index contributed by atoms with van der Waals surface area (Å²) in [6.45, 7) is 3.89. The van der Waals surface area contributed by atoms with E-state index in [2.05, 4.69) is 24.4 Å². The lowest BCUT2D eigenvalue weighted by Gasteiger charge is -2.26. The molecule has 2 atom stereocenters. The van der Waals surface area contributed by atoms with Crippen molar-refractivity contribution in [1.82, 2.24) is 5.43 Å². The van der Waals surface area contributed by atoms with Crippen LogP contribution in [0.25, 0.3) is 0 Å². The molecule has 7 heteroatoms. The molecule has 1 fully saturated rings. The molecule has 0 bridgehead atoms. The van der Waals surface area contributed by atoms with Crippen LogP contribution >= 0.6 is 0 Å². The maximum absolute atomic E-state index is 11.8. The van der Waals surface area contributed by atoms with Crippen LogP contribution in [0.3, 0.4) is 0 Å². The summed E-state index contributed by atoms with van der Waals surface area (Å²) < 4.78 is 5.23. The number of amides is 1. The molecule has 7 nitrogen and oxygen atoms in total. The number of hydrazone groups is 1. The third kappa shape index (κ3) is 4.51. The Balaban J connectivity index is 1.92. The van der Waals surface area contributed by atoms with Crippen molar-refractivity contribution in [3.8, 4) is 5.75 Å². The highest BCUT2D eigenvalue weighted by Gasteiger charge is 2.23. The predicted octanol–water partition coefficient (Wildman–Crippen LogP) is 2.90. The number of nitro benzene ring substituents is 1. The second-order valence-corrected chi connectivity index (χ2v) is 5.82. The van der Waals surface area contributed by atoms with Gasteiger partial charge in [0.2, 0.25) is 0 Å². The summed E-state index contributed by atoms with van der Waals surface area (Å²) in [5.41, 5.74) is 3.32. The van der Waals surface area contributed by atoms with Gasteiger partial charge in [0.25, 0.3) is 5.91 Å². The van der Waals surface area contributed by atoms with Crippen molar-refractivity contribution in [1.29, 1.82) is 0 Å². The zero-order valence-electron chi connectivity index (χ0n) is 13.3. The summed E-state index contributed by atoms with van der Waals surface area (Å²) >= 11 is 0. The Labute approximate surface area is 134 Å². The fourth-order valence-electron chi connectivity index (χ4n) is 2.76. The van der Waals surface area contributed by atoms with Crippen molar-refractivity contribution in [2.45, 2.75) is 33.1 Å². The van der Waals surface area contributed by atoms with Gasteiger partial charge in [0.1, 0.15) is 0 Å². The fraction of sp³-hybridized carbons (Fsp3) is 0.500. The van der Waals surface area contributed by atoms with Gasteiger partial charge >= 0.3 is 5.69 Å². The van der Waals surface area contributed by atoms with Crippen LogP contribution in [0.1, 0.15) is 33.1 Å².